The smallest absolute Gasteiger partial charge is 0.201 e. The monoisotopic (exact) mass is 280 g/mol. The van der Waals surface area contributed by atoms with Crippen LogP contribution < -0.4 is 0 Å². The van der Waals surface area contributed by atoms with E-state index >= 15 is 0 Å². The zero-order valence-electron chi connectivity index (χ0n) is 12.1. The minimum atomic E-state index is 0.458. The first-order valence-corrected chi connectivity index (χ1v) is 7.14. The van der Waals surface area contributed by atoms with Crippen LogP contribution in [0.2, 0.25) is 0 Å². The minimum absolute atomic E-state index is 0.458. The molecule has 1 aliphatic heterocycles. The van der Waals surface area contributed by atoms with Gasteiger partial charge in [-0.3, -0.25) is 0 Å². The molecule has 0 amide bonds. The molecule has 5 heteroatoms. The highest BCUT2D eigenvalue weighted by atomic mass is 16.4. The maximum absolute atomic E-state index is 5.69. The lowest BCUT2D eigenvalue weighted by Gasteiger charge is -2.09. The fourth-order valence-electron chi connectivity index (χ4n) is 3.04. The zero-order chi connectivity index (χ0) is 14.4. The second-order valence-electron chi connectivity index (χ2n) is 5.51. The summed E-state index contributed by atoms with van der Waals surface area (Å²) in [6, 6.07) is 10.6. The Bertz CT molecular complexity index is 788. The van der Waals surface area contributed by atoms with E-state index in [1.165, 1.54) is 5.56 Å². The van der Waals surface area contributed by atoms with Crippen LogP contribution in [0.4, 0.5) is 0 Å². The van der Waals surface area contributed by atoms with E-state index in [0.717, 1.165) is 36.1 Å². The highest BCUT2D eigenvalue weighted by molar-refractivity contribution is 5.51. The summed E-state index contributed by atoms with van der Waals surface area (Å²) in [6.07, 6.45) is 0.920. The Labute approximate surface area is 122 Å². The number of nitrogens with zero attached hydrogens (tertiary/aromatic N) is 4. The van der Waals surface area contributed by atoms with E-state index in [-0.39, 0.29) is 0 Å². The molecule has 0 spiro atoms. The molecule has 0 radical (unpaired) electrons. The van der Waals surface area contributed by atoms with Gasteiger partial charge < -0.3 is 8.98 Å². The van der Waals surface area contributed by atoms with Crippen LogP contribution in [0, 0.1) is 13.8 Å². The quantitative estimate of drug-likeness (QED) is 0.724. The van der Waals surface area contributed by atoms with Crippen LogP contribution in [0.1, 0.15) is 28.9 Å². The molecule has 3 heterocycles. The van der Waals surface area contributed by atoms with Gasteiger partial charge >= 0.3 is 0 Å². The molecule has 0 bridgehead atoms. The number of aromatic nitrogens is 4. The number of fused-ring (bicyclic) bond motifs is 1. The SMILES string of the molecule is Cc1nc(C)c(-c2nnc3n2CC(c2ccccc2)C3)o1. The van der Waals surface area contributed by atoms with Gasteiger partial charge in [0.05, 0.1) is 5.69 Å². The normalized spacial score (nSPS) is 17.1. The Morgan fingerprint density at radius 3 is 2.67 bits per heavy atom. The Balaban J connectivity index is 1.70. The van der Waals surface area contributed by atoms with Crippen molar-refractivity contribution in [2.45, 2.75) is 32.7 Å². The molecule has 0 aliphatic carbocycles. The fraction of sp³-hybridized carbons (Fsp3) is 0.312. The van der Waals surface area contributed by atoms with Crippen molar-refractivity contribution in [3.05, 3.63) is 53.3 Å². The molecule has 4 rings (SSSR count). The van der Waals surface area contributed by atoms with Gasteiger partial charge in [-0.1, -0.05) is 30.3 Å². The molecule has 3 aromatic rings. The number of oxazole rings is 1. The second kappa shape index (κ2) is 4.55. The van der Waals surface area contributed by atoms with Crippen molar-refractivity contribution in [1.29, 1.82) is 0 Å². The molecule has 0 N–H and O–H groups in total. The molecule has 1 aliphatic rings. The molecule has 0 fully saturated rings. The van der Waals surface area contributed by atoms with Gasteiger partial charge in [-0.2, -0.15) is 0 Å². The summed E-state index contributed by atoms with van der Waals surface area (Å²) >= 11 is 0. The summed E-state index contributed by atoms with van der Waals surface area (Å²) in [4.78, 5) is 4.32. The number of hydrogen-bond acceptors (Lipinski definition) is 4. The lowest BCUT2D eigenvalue weighted by molar-refractivity contribution is 0.524. The highest BCUT2D eigenvalue weighted by Gasteiger charge is 2.29. The zero-order valence-corrected chi connectivity index (χ0v) is 12.1. The van der Waals surface area contributed by atoms with Crippen LogP contribution >= 0.6 is 0 Å². The number of benzene rings is 1. The fourth-order valence-corrected chi connectivity index (χ4v) is 3.04. The molecular formula is C16H16N4O. The molecular weight excluding hydrogens is 264 g/mol. The first kappa shape index (κ1) is 12.3. The first-order chi connectivity index (χ1) is 10.2. The van der Waals surface area contributed by atoms with E-state index in [0.29, 0.717) is 11.8 Å². The van der Waals surface area contributed by atoms with Gasteiger partial charge in [-0.05, 0) is 12.5 Å². The van der Waals surface area contributed by atoms with Crippen LogP contribution in [-0.2, 0) is 13.0 Å². The van der Waals surface area contributed by atoms with Crippen molar-refractivity contribution in [3.8, 4) is 11.6 Å². The Morgan fingerprint density at radius 2 is 1.95 bits per heavy atom. The standard InChI is InChI=1S/C16H16N4O/c1-10-15(21-11(2)17-10)16-19-18-14-8-13(9-20(14)16)12-6-4-3-5-7-12/h3-7,13H,8-9H2,1-2H3. The number of rotatable bonds is 2. The summed E-state index contributed by atoms with van der Waals surface area (Å²) in [5.74, 6) is 3.67. The molecule has 0 saturated carbocycles. The van der Waals surface area contributed by atoms with Gasteiger partial charge in [0, 0.05) is 25.8 Å². The second-order valence-corrected chi connectivity index (χ2v) is 5.51. The third-order valence-electron chi connectivity index (χ3n) is 4.04. The van der Waals surface area contributed by atoms with Crippen molar-refractivity contribution in [1.82, 2.24) is 19.7 Å². The molecule has 21 heavy (non-hydrogen) atoms. The molecule has 0 saturated heterocycles. The number of hydrogen-bond donors (Lipinski definition) is 0. The minimum Gasteiger partial charge on any atom is -0.437 e. The van der Waals surface area contributed by atoms with Crippen LogP contribution in [0.25, 0.3) is 11.6 Å². The van der Waals surface area contributed by atoms with E-state index in [1.807, 2.05) is 19.9 Å². The Kier molecular flexibility index (Phi) is 2.67. The van der Waals surface area contributed by atoms with Gasteiger partial charge in [-0.15, -0.1) is 10.2 Å². The molecule has 1 unspecified atom stereocenters. The maximum atomic E-state index is 5.69. The third-order valence-corrected chi connectivity index (χ3v) is 4.04. The van der Waals surface area contributed by atoms with E-state index in [2.05, 4.69) is 44.0 Å². The van der Waals surface area contributed by atoms with Gasteiger partial charge in [0.2, 0.25) is 5.82 Å². The van der Waals surface area contributed by atoms with E-state index < -0.39 is 0 Å². The largest absolute Gasteiger partial charge is 0.437 e. The molecule has 106 valence electrons. The van der Waals surface area contributed by atoms with Gasteiger partial charge in [-0.25, -0.2) is 4.98 Å². The summed E-state index contributed by atoms with van der Waals surface area (Å²) in [5, 5.41) is 8.61. The van der Waals surface area contributed by atoms with Gasteiger partial charge in [0.15, 0.2) is 11.7 Å². The molecule has 1 aromatic carbocycles. The predicted octanol–water partition coefficient (Wildman–Crippen LogP) is 2.89. The van der Waals surface area contributed by atoms with Crippen LogP contribution in [0.3, 0.4) is 0 Å². The summed E-state index contributed by atoms with van der Waals surface area (Å²) in [6.45, 7) is 4.68. The Morgan fingerprint density at radius 1 is 1.14 bits per heavy atom. The van der Waals surface area contributed by atoms with Gasteiger partial charge in [0.1, 0.15) is 5.82 Å². The van der Waals surface area contributed by atoms with Crippen molar-refractivity contribution in [2.24, 2.45) is 0 Å². The summed E-state index contributed by atoms with van der Waals surface area (Å²) in [7, 11) is 0. The summed E-state index contributed by atoms with van der Waals surface area (Å²) in [5.41, 5.74) is 2.21. The summed E-state index contributed by atoms with van der Waals surface area (Å²) < 4.78 is 7.85. The Hall–Kier alpha value is -2.43. The third kappa shape index (κ3) is 1.96. The van der Waals surface area contributed by atoms with E-state index in [1.54, 1.807) is 0 Å². The van der Waals surface area contributed by atoms with Crippen LogP contribution in [0.5, 0.6) is 0 Å². The van der Waals surface area contributed by atoms with Crippen LogP contribution in [-0.4, -0.2) is 19.7 Å². The van der Waals surface area contributed by atoms with Crippen molar-refractivity contribution >= 4 is 0 Å². The topological polar surface area (TPSA) is 56.7 Å². The molecule has 2 aromatic heterocycles. The van der Waals surface area contributed by atoms with Crippen molar-refractivity contribution in [3.63, 3.8) is 0 Å². The molecule has 1 atom stereocenters. The van der Waals surface area contributed by atoms with Gasteiger partial charge in [0.25, 0.3) is 0 Å². The van der Waals surface area contributed by atoms with Crippen molar-refractivity contribution < 1.29 is 4.42 Å². The lowest BCUT2D eigenvalue weighted by atomic mass is 9.98. The lowest BCUT2D eigenvalue weighted by Crippen LogP contribution is -2.03. The van der Waals surface area contributed by atoms with Crippen LogP contribution in [0.15, 0.2) is 34.7 Å². The highest BCUT2D eigenvalue weighted by Crippen LogP contribution is 2.33. The predicted molar refractivity (Wildman–Crippen MR) is 77.9 cm³/mol. The average molecular weight is 280 g/mol. The first-order valence-electron chi connectivity index (χ1n) is 7.14. The molecule has 5 nitrogen and oxygen atoms in total. The van der Waals surface area contributed by atoms with E-state index in [4.69, 9.17) is 4.42 Å². The van der Waals surface area contributed by atoms with Crippen molar-refractivity contribution in [2.75, 3.05) is 0 Å². The number of aryl methyl sites for hydroxylation is 2. The maximum Gasteiger partial charge on any atom is 0.201 e. The average Bonchev–Trinajstić information content (AvgIpc) is 3.13. The van der Waals surface area contributed by atoms with E-state index in [9.17, 15) is 0 Å².